The van der Waals surface area contributed by atoms with Gasteiger partial charge < -0.3 is 10.2 Å². The number of nitrogens with zero attached hydrogens (tertiary/aromatic N) is 1. The molecule has 0 radical (unpaired) electrons. The molecule has 2 heterocycles. The molecule has 1 aromatic rings. The highest BCUT2D eigenvalue weighted by Gasteiger charge is 2.37. The molecule has 2 bridgehead atoms. The van der Waals surface area contributed by atoms with Gasteiger partial charge in [0.05, 0.1) is 0 Å². The van der Waals surface area contributed by atoms with Crippen molar-refractivity contribution in [2.45, 2.75) is 44.3 Å². The van der Waals surface area contributed by atoms with E-state index in [0.29, 0.717) is 11.6 Å². The van der Waals surface area contributed by atoms with E-state index in [1.807, 2.05) is 6.07 Å². The van der Waals surface area contributed by atoms with Crippen LogP contribution in [0.4, 0.5) is 4.39 Å². The van der Waals surface area contributed by atoms with Gasteiger partial charge >= 0.3 is 0 Å². The zero-order valence-corrected chi connectivity index (χ0v) is 12.7. The van der Waals surface area contributed by atoms with E-state index in [-0.39, 0.29) is 5.82 Å². The van der Waals surface area contributed by atoms with E-state index in [1.165, 1.54) is 31.7 Å². The summed E-state index contributed by atoms with van der Waals surface area (Å²) >= 11 is 5.87. The molecule has 2 atom stereocenters. The number of rotatable bonds is 4. The number of benzene rings is 1. The predicted molar refractivity (Wildman–Crippen MR) is 80.4 cm³/mol. The number of piperidine rings is 1. The fourth-order valence-electron chi connectivity index (χ4n) is 3.82. The van der Waals surface area contributed by atoms with Crippen LogP contribution in [0.25, 0.3) is 0 Å². The first-order valence-corrected chi connectivity index (χ1v) is 7.87. The van der Waals surface area contributed by atoms with Gasteiger partial charge in [-0.25, -0.2) is 4.39 Å². The van der Waals surface area contributed by atoms with Crippen LogP contribution in [0.15, 0.2) is 18.2 Å². The first-order valence-electron chi connectivity index (χ1n) is 7.49. The molecule has 2 saturated heterocycles. The summed E-state index contributed by atoms with van der Waals surface area (Å²) in [6, 6.07) is 6.29. The third-order valence-corrected chi connectivity index (χ3v) is 5.10. The summed E-state index contributed by atoms with van der Waals surface area (Å²) in [5, 5.41) is 3.94. The van der Waals surface area contributed by atoms with Gasteiger partial charge in [-0.05, 0) is 69.0 Å². The average molecular weight is 297 g/mol. The Kier molecular flexibility index (Phi) is 4.29. The number of nitrogens with one attached hydrogen (secondary N) is 1. The summed E-state index contributed by atoms with van der Waals surface area (Å²) in [5.41, 5.74) is 0.922. The van der Waals surface area contributed by atoms with Crippen molar-refractivity contribution in [3.8, 4) is 0 Å². The van der Waals surface area contributed by atoms with Crippen LogP contribution in [0, 0.1) is 11.7 Å². The second-order valence-corrected chi connectivity index (χ2v) is 6.73. The zero-order valence-electron chi connectivity index (χ0n) is 11.9. The second-order valence-electron chi connectivity index (χ2n) is 6.30. The zero-order chi connectivity index (χ0) is 14.1. The maximum Gasteiger partial charge on any atom is 0.125 e. The smallest absolute Gasteiger partial charge is 0.125 e. The largest absolute Gasteiger partial charge is 0.312 e. The summed E-state index contributed by atoms with van der Waals surface area (Å²) in [6.07, 6.45) is 5.31. The van der Waals surface area contributed by atoms with Gasteiger partial charge in [-0.3, -0.25) is 0 Å². The standard InChI is InChI=1S/C16H22ClFN2/c1-20-15-2-3-16(20)7-12(6-15)10-19-9-11-4-13(17)8-14(18)5-11/h4-5,8,12,15-16,19H,2-3,6-7,9-10H2,1H3. The molecule has 4 heteroatoms. The van der Waals surface area contributed by atoms with Crippen molar-refractivity contribution in [3.05, 3.63) is 34.6 Å². The highest BCUT2D eigenvalue weighted by atomic mass is 35.5. The van der Waals surface area contributed by atoms with Crippen LogP contribution in [0.5, 0.6) is 0 Å². The molecule has 1 aromatic carbocycles. The summed E-state index contributed by atoms with van der Waals surface area (Å²) in [6.45, 7) is 1.72. The maximum absolute atomic E-state index is 13.2. The lowest BCUT2D eigenvalue weighted by Crippen LogP contribution is -2.42. The van der Waals surface area contributed by atoms with Crippen LogP contribution in [0.2, 0.25) is 5.02 Å². The molecule has 2 fully saturated rings. The highest BCUT2D eigenvalue weighted by molar-refractivity contribution is 6.30. The molecular weight excluding hydrogens is 275 g/mol. The van der Waals surface area contributed by atoms with Gasteiger partial charge in [-0.1, -0.05) is 11.6 Å². The summed E-state index contributed by atoms with van der Waals surface area (Å²) in [4.78, 5) is 2.56. The predicted octanol–water partition coefficient (Wildman–Crippen LogP) is 3.44. The molecule has 0 spiro atoms. The van der Waals surface area contributed by atoms with Crippen molar-refractivity contribution >= 4 is 11.6 Å². The Morgan fingerprint density at radius 1 is 1.25 bits per heavy atom. The van der Waals surface area contributed by atoms with Crippen molar-refractivity contribution in [2.75, 3.05) is 13.6 Å². The van der Waals surface area contributed by atoms with Crippen molar-refractivity contribution in [2.24, 2.45) is 5.92 Å². The van der Waals surface area contributed by atoms with Crippen LogP contribution in [-0.2, 0) is 6.54 Å². The summed E-state index contributed by atoms with van der Waals surface area (Å²) in [5.74, 6) is 0.499. The Morgan fingerprint density at radius 3 is 2.60 bits per heavy atom. The van der Waals surface area contributed by atoms with Gasteiger partial charge in [0, 0.05) is 23.7 Å². The first-order chi connectivity index (χ1) is 9.61. The van der Waals surface area contributed by atoms with Crippen LogP contribution >= 0.6 is 11.6 Å². The Hall–Kier alpha value is -0.640. The third kappa shape index (κ3) is 3.16. The highest BCUT2D eigenvalue weighted by Crippen LogP contribution is 2.37. The Labute approximate surface area is 125 Å². The number of halogens is 2. The molecule has 3 rings (SSSR count). The molecule has 2 unspecified atom stereocenters. The van der Waals surface area contributed by atoms with Gasteiger partial charge in [-0.2, -0.15) is 0 Å². The van der Waals surface area contributed by atoms with E-state index in [9.17, 15) is 4.39 Å². The monoisotopic (exact) mass is 296 g/mol. The molecule has 20 heavy (non-hydrogen) atoms. The van der Waals surface area contributed by atoms with Crippen molar-refractivity contribution in [1.82, 2.24) is 10.2 Å². The molecule has 2 nitrogen and oxygen atoms in total. The Bertz CT molecular complexity index is 445. The quantitative estimate of drug-likeness (QED) is 0.915. The van der Waals surface area contributed by atoms with Gasteiger partial charge in [0.25, 0.3) is 0 Å². The average Bonchev–Trinajstić information content (AvgIpc) is 2.61. The molecule has 0 amide bonds. The second kappa shape index (κ2) is 6.00. The van der Waals surface area contributed by atoms with E-state index in [0.717, 1.165) is 30.1 Å². The van der Waals surface area contributed by atoms with Crippen molar-refractivity contribution in [3.63, 3.8) is 0 Å². The fourth-order valence-corrected chi connectivity index (χ4v) is 4.07. The van der Waals surface area contributed by atoms with Gasteiger partial charge in [0.15, 0.2) is 0 Å². The lowest BCUT2D eigenvalue weighted by molar-refractivity contribution is 0.133. The van der Waals surface area contributed by atoms with E-state index in [1.54, 1.807) is 6.07 Å². The molecule has 1 N–H and O–H groups in total. The molecular formula is C16H22ClFN2. The number of hydrogen-bond donors (Lipinski definition) is 1. The summed E-state index contributed by atoms with van der Waals surface area (Å²) < 4.78 is 13.2. The third-order valence-electron chi connectivity index (χ3n) is 4.88. The molecule has 0 aliphatic carbocycles. The number of fused-ring (bicyclic) bond motifs is 2. The first kappa shape index (κ1) is 14.3. The van der Waals surface area contributed by atoms with Gasteiger partial charge in [0.1, 0.15) is 5.82 Å². The fraction of sp³-hybridized carbons (Fsp3) is 0.625. The maximum atomic E-state index is 13.2. The minimum absolute atomic E-state index is 0.258. The van der Waals surface area contributed by atoms with Crippen LogP contribution < -0.4 is 5.32 Å². The lowest BCUT2D eigenvalue weighted by atomic mass is 9.91. The topological polar surface area (TPSA) is 15.3 Å². The minimum Gasteiger partial charge on any atom is -0.312 e. The summed E-state index contributed by atoms with van der Waals surface area (Å²) in [7, 11) is 2.26. The molecule has 2 aliphatic rings. The van der Waals surface area contributed by atoms with E-state index >= 15 is 0 Å². The van der Waals surface area contributed by atoms with Crippen molar-refractivity contribution in [1.29, 1.82) is 0 Å². The van der Waals surface area contributed by atoms with E-state index < -0.39 is 0 Å². The van der Waals surface area contributed by atoms with Crippen LogP contribution in [-0.4, -0.2) is 30.6 Å². The molecule has 0 saturated carbocycles. The van der Waals surface area contributed by atoms with Crippen LogP contribution in [0.1, 0.15) is 31.2 Å². The van der Waals surface area contributed by atoms with E-state index in [2.05, 4.69) is 17.3 Å². The van der Waals surface area contributed by atoms with Gasteiger partial charge in [0.2, 0.25) is 0 Å². The Balaban J connectivity index is 1.48. The van der Waals surface area contributed by atoms with E-state index in [4.69, 9.17) is 11.6 Å². The minimum atomic E-state index is -0.258. The molecule has 2 aliphatic heterocycles. The SMILES string of the molecule is CN1C2CCC1CC(CNCc1cc(F)cc(Cl)c1)C2. The molecule has 0 aromatic heterocycles. The molecule has 110 valence electrons. The Morgan fingerprint density at radius 2 is 1.95 bits per heavy atom. The number of hydrogen-bond acceptors (Lipinski definition) is 2. The lowest BCUT2D eigenvalue weighted by Gasteiger charge is -2.36. The van der Waals surface area contributed by atoms with Crippen molar-refractivity contribution < 1.29 is 4.39 Å². The van der Waals surface area contributed by atoms with Crippen LogP contribution in [0.3, 0.4) is 0 Å². The normalized spacial score (nSPS) is 29.9. The van der Waals surface area contributed by atoms with Gasteiger partial charge in [-0.15, -0.1) is 0 Å².